The van der Waals surface area contributed by atoms with Gasteiger partial charge in [0, 0.05) is 0 Å². The predicted molar refractivity (Wildman–Crippen MR) is 45.8 cm³/mol. The fourth-order valence-corrected chi connectivity index (χ4v) is 8.06. The van der Waals surface area contributed by atoms with Gasteiger partial charge in [-0.3, -0.25) is 0 Å². The molecule has 0 radical (unpaired) electrons. The van der Waals surface area contributed by atoms with Gasteiger partial charge in [-0.25, -0.2) is 0 Å². The number of hydrogen-bond acceptors (Lipinski definition) is 0. The van der Waals surface area contributed by atoms with Gasteiger partial charge in [0.25, 0.3) is 0 Å². The number of halogens is 1. The summed E-state index contributed by atoms with van der Waals surface area (Å²) in [7, 11) is 6.13. The Kier molecular flexibility index (Phi) is 4.72. The topological polar surface area (TPSA) is 0 Å². The van der Waals surface area contributed by atoms with Crippen molar-refractivity contribution in [2.24, 2.45) is 0 Å². The van der Waals surface area contributed by atoms with Crippen molar-refractivity contribution < 1.29 is 0 Å². The predicted octanol–water partition coefficient (Wildman–Crippen LogP) is 2.55. The minimum absolute atomic E-state index is 0.568. The van der Waals surface area contributed by atoms with Crippen LogP contribution in [0.5, 0.6) is 0 Å². The summed E-state index contributed by atoms with van der Waals surface area (Å²) in [5, 5.41) is 5.78. The van der Waals surface area contributed by atoms with Gasteiger partial charge in [-0.15, -0.1) is 0 Å². The number of rotatable bonds is 0. The first-order chi connectivity index (χ1) is 4.39. The second-order valence-corrected chi connectivity index (χ2v) is 10.5. The zero-order valence-electron chi connectivity index (χ0n) is 5.44. The molecule has 1 aliphatic heterocycles. The summed E-state index contributed by atoms with van der Waals surface area (Å²) in [4.78, 5) is 0. The van der Waals surface area contributed by atoms with Crippen molar-refractivity contribution in [3.05, 3.63) is 0 Å². The quantitative estimate of drug-likeness (QED) is 0.597. The van der Waals surface area contributed by atoms with Gasteiger partial charge >= 0.3 is 72.2 Å². The van der Waals surface area contributed by atoms with Crippen LogP contribution in [0.1, 0.15) is 12.8 Å². The van der Waals surface area contributed by atoms with Gasteiger partial charge in [0.15, 0.2) is 0 Å². The van der Waals surface area contributed by atoms with Crippen LogP contribution < -0.4 is 0 Å². The molecule has 54 valence electrons. The van der Waals surface area contributed by atoms with Gasteiger partial charge in [0.2, 0.25) is 0 Å². The molecule has 1 fully saturated rings. The van der Waals surface area contributed by atoms with Crippen molar-refractivity contribution >= 4 is 38.0 Å². The van der Waals surface area contributed by atoms with Crippen LogP contribution in [0.25, 0.3) is 0 Å². The van der Waals surface area contributed by atoms with E-state index in [9.17, 15) is 0 Å². The van der Waals surface area contributed by atoms with E-state index < -0.39 is 13.0 Å². The second-order valence-electron chi connectivity index (χ2n) is 2.15. The normalized spacial score (nSPS) is 25.0. The molecule has 3 heteroatoms. The molecule has 0 atom stereocenters. The molecule has 0 nitrogen and oxygen atoms in total. The average Bonchev–Trinajstić information content (AvgIpc) is 1.79. The third-order valence-corrected chi connectivity index (χ3v) is 8.41. The summed E-state index contributed by atoms with van der Waals surface area (Å²) in [5.74, 6) is 0. The van der Waals surface area contributed by atoms with E-state index in [1.165, 1.54) is 34.1 Å². The maximum atomic E-state index is 6.13. The first-order valence-corrected chi connectivity index (χ1v) is 10.4. The van der Waals surface area contributed by atoms with Gasteiger partial charge < -0.3 is 0 Å². The van der Waals surface area contributed by atoms with Crippen LogP contribution in [0.4, 0.5) is 0 Å². The van der Waals surface area contributed by atoms with Crippen molar-refractivity contribution in [1.82, 2.24) is 0 Å². The summed E-state index contributed by atoms with van der Waals surface area (Å²) >= 11 is 0.408. The maximum absolute atomic E-state index is 6.13. The zero-order valence-corrected chi connectivity index (χ0v) is 9.62. The van der Waals surface area contributed by atoms with Crippen LogP contribution in [0.15, 0.2) is 0 Å². The molecule has 0 spiro atoms. The van der Waals surface area contributed by atoms with Gasteiger partial charge in [0.1, 0.15) is 0 Å². The molecule has 9 heavy (non-hydrogen) atoms. The van der Waals surface area contributed by atoms with Crippen LogP contribution in [0.2, 0.25) is 21.3 Å². The Morgan fingerprint density at radius 3 is 2.22 bits per heavy atom. The van der Waals surface area contributed by atoms with Crippen LogP contribution in [0.3, 0.4) is 0 Å². The molecular formula is C6H12ClSe2+. The van der Waals surface area contributed by atoms with Crippen molar-refractivity contribution in [3.8, 4) is 0 Å². The van der Waals surface area contributed by atoms with Crippen molar-refractivity contribution in [1.29, 1.82) is 0 Å². The van der Waals surface area contributed by atoms with E-state index >= 15 is 0 Å². The molecule has 0 aromatic rings. The molecule has 1 heterocycles. The molecule has 0 N–H and O–H groups in total. The molecule has 1 saturated heterocycles. The summed E-state index contributed by atoms with van der Waals surface area (Å²) < 4.78 is 0. The van der Waals surface area contributed by atoms with E-state index in [0.717, 1.165) is 15.0 Å². The Hall–Kier alpha value is 1.33. The fourth-order valence-electron chi connectivity index (χ4n) is 0.839. The van der Waals surface area contributed by atoms with E-state index in [1.807, 2.05) is 0 Å². The zero-order chi connectivity index (χ0) is 6.53. The van der Waals surface area contributed by atoms with E-state index in [0.29, 0.717) is 0 Å². The SMILES string of the molecule is Cl[Se+]1CCC[Se]CCC1. The average molecular weight is 278 g/mol. The fraction of sp³-hybridized carbons (Fsp3) is 1.00. The Bertz CT molecular complexity index is 69.5. The van der Waals surface area contributed by atoms with Crippen LogP contribution in [-0.4, -0.2) is 27.9 Å². The molecule has 0 aromatic heterocycles. The molecule has 0 unspecified atom stereocenters. The molecule has 1 aliphatic rings. The van der Waals surface area contributed by atoms with Crippen LogP contribution in [-0.2, 0) is 0 Å². The molecule has 0 amide bonds. The van der Waals surface area contributed by atoms with Crippen molar-refractivity contribution in [2.45, 2.75) is 34.1 Å². The standard InChI is InChI=1S/C6H12ClSe2/c7-9-5-1-3-8-4-2-6-9/h1-6H2/q+1. The Morgan fingerprint density at radius 2 is 1.67 bits per heavy atom. The van der Waals surface area contributed by atoms with Crippen LogP contribution >= 0.6 is 10.1 Å². The first-order valence-electron chi connectivity index (χ1n) is 3.31. The van der Waals surface area contributed by atoms with Crippen molar-refractivity contribution in [2.75, 3.05) is 0 Å². The monoisotopic (exact) mass is 279 g/mol. The summed E-state index contributed by atoms with van der Waals surface area (Å²) in [6, 6.07) is 0. The van der Waals surface area contributed by atoms with E-state index in [-0.39, 0.29) is 0 Å². The molecule has 0 bridgehead atoms. The minimum atomic E-state index is -0.568. The number of hydrogen-bond donors (Lipinski definition) is 0. The summed E-state index contributed by atoms with van der Waals surface area (Å²) in [5.41, 5.74) is 0. The summed E-state index contributed by atoms with van der Waals surface area (Å²) in [6.45, 7) is 0. The van der Waals surface area contributed by atoms with Gasteiger partial charge in [-0.2, -0.15) is 0 Å². The van der Waals surface area contributed by atoms with Crippen molar-refractivity contribution in [3.63, 3.8) is 0 Å². The second kappa shape index (κ2) is 5.04. The van der Waals surface area contributed by atoms with Gasteiger partial charge in [-0.1, -0.05) is 0 Å². The molecule has 1 rings (SSSR count). The molecule has 0 aromatic carbocycles. The van der Waals surface area contributed by atoms with Gasteiger partial charge in [0.05, 0.1) is 0 Å². The van der Waals surface area contributed by atoms with Crippen LogP contribution in [0, 0.1) is 0 Å². The van der Waals surface area contributed by atoms with E-state index in [4.69, 9.17) is 10.1 Å². The molecule has 0 saturated carbocycles. The Balaban J connectivity index is 2.12. The first kappa shape index (κ1) is 8.43. The third kappa shape index (κ3) is 3.90. The molecule has 0 aliphatic carbocycles. The Morgan fingerprint density at radius 1 is 1.11 bits per heavy atom. The van der Waals surface area contributed by atoms with E-state index in [1.54, 1.807) is 0 Å². The summed E-state index contributed by atoms with van der Waals surface area (Å²) in [6.07, 6.45) is 2.88. The molecular weight excluding hydrogens is 265 g/mol. The Labute approximate surface area is 72.0 Å². The van der Waals surface area contributed by atoms with Gasteiger partial charge in [-0.05, 0) is 0 Å². The van der Waals surface area contributed by atoms with E-state index in [2.05, 4.69) is 0 Å². The third-order valence-electron chi connectivity index (χ3n) is 1.31.